The number of carboxylic acids is 1. The number of hydrogen-bond acceptors (Lipinski definition) is 4. The topological polar surface area (TPSA) is 72.8 Å². The highest BCUT2D eigenvalue weighted by atomic mass is 16.6. The number of carbonyl (C=O) groups excluding carboxylic acids is 1. The van der Waals surface area contributed by atoms with E-state index in [1.54, 1.807) is 19.1 Å². The summed E-state index contributed by atoms with van der Waals surface area (Å²) >= 11 is 0. The molecule has 1 aromatic rings. The van der Waals surface area contributed by atoms with E-state index in [0.717, 1.165) is 0 Å². The monoisotopic (exact) mass is 238 g/mol. The quantitative estimate of drug-likeness (QED) is 0.623. The first-order valence-electron chi connectivity index (χ1n) is 5.19. The minimum atomic E-state index is -0.923. The smallest absolute Gasteiger partial charge is 0.308 e. The number of carboxylic acid groups (broad SMARTS) is 1. The van der Waals surface area contributed by atoms with Gasteiger partial charge in [-0.3, -0.25) is 9.59 Å². The lowest BCUT2D eigenvalue weighted by Gasteiger charge is -2.10. The first-order chi connectivity index (χ1) is 8.02. The highest BCUT2D eigenvalue weighted by molar-refractivity contribution is 5.72. The van der Waals surface area contributed by atoms with Gasteiger partial charge in [-0.25, -0.2) is 0 Å². The van der Waals surface area contributed by atoms with Crippen LogP contribution in [0, 0.1) is 0 Å². The Morgan fingerprint density at radius 2 is 2.00 bits per heavy atom. The van der Waals surface area contributed by atoms with Gasteiger partial charge in [-0.2, -0.15) is 0 Å². The molecule has 1 aromatic carbocycles. The van der Waals surface area contributed by atoms with E-state index >= 15 is 0 Å². The van der Waals surface area contributed by atoms with Gasteiger partial charge in [0.2, 0.25) is 0 Å². The van der Waals surface area contributed by atoms with E-state index in [4.69, 9.17) is 14.6 Å². The van der Waals surface area contributed by atoms with Crippen LogP contribution in [0.2, 0.25) is 0 Å². The molecule has 1 rings (SSSR count). The molecule has 0 aliphatic rings. The van der Waals surface area contributed by atoms with Gasteiger partial charge in [0, 0.05) is 6.92 Å². The lowest BCUT2D eigenvalue weighted by Crippen LogP contribution is -2.06. The summed E-state index contributed by atoms with van der Waals surface area (Å²) in [7, 11) is 0. The molecule has 0 amide bonds. The van der Waals surface area contributed by atoms with E-state index in [-0.39, 0.29) is 6.42 Å². The Bertz CT molecular complexity index is 425. The number of rotatable bonds is 5. The maximum atomic E-state index is 10.9. The van der Waals surface area contributed by atoms with Crippen molar-refractivity contribution in [2.45, 2.75) is 20.3 Å². The molecule has 0 bridgehead atoms. The first kappa shape index (κ1) is 13.0. The van der Waals surface area contributed by atoms with Crippen molar-refractivity contribution in [3.8, 4) is 11.5 Å². The van der Waals surface area contributed by atoms with Gasteiger partial charge in [-0.1, -0.05) is 6.07 Å². The summed E-state index contributed by atoms with van der Waals surface area (Å²) in [6.07, 6.45) is -0.0968. The zero-order valence-electron chi connectivity index (χ0n) is 9.73. The second-order valence-electron chi connectivity index (χ2n) is 3.38. The maximum absolute atomic E-state index is 10.9. The number of esters is 1. The summed E-state index contributed by atoms with van der Waals surface area (Å²) in [4.78, 5) is 21.4. The van der Waals surface area contributed by atoms with Crippen LogP contribution in [-0.4, -0.2) is 23.7 Å². The molecule has 0 radical (unpaired) electrons. The second-order valence-corrected chi connectivity index (χ2v) is 3.38. The molecule has 5 nitrogen and oxygen atoms in total. The third-order valence-corrected chi connectivity index (χ3v) is 1.92. The molecule has 0 saturated heterocycles. The Morgan fingerprint density at radius 3 is 2.53 bits per heavy atom. The second kappa shape index (κ2) is 5.89. The Balaban J connectivity index is 2.98. The van der Waals surface area contributed by atoms with Crippen LogP contribution >= 0.6 is 0 Å². The summed E-state index contributed by atoms with van der Waals surface area (Å²) < 4.78 is 10.2. The molecule has 0 unspecified atom stereocenters. The lowest BCUT2D eigenvalue weighted by atomic mass is 10.1. The fourth-order valence-electron chi connectivity index (χ4n) is 1.34. The molecule has 17 heavy (non-hydrogen) atoms. The van der Waals surface area contributed by atoms with Crippen molar-refractivity contribution >= 4 is 11.9 Å². The van der Waals surface area contributed by atoms with Crippen molar-refractivity contribution in [1.82, 2.24) is 0 Å². The van der Waals surface area contributed by atoms with Crippen LogP contribution in [0.3, 0.4) is 0 Å². The van der Waals surface area contributed by atoms with Crippen LogP contribution in [0.5, 0.6) is 11.5 Å². The van der Waals surface area contributed by atoms with Gasteiger partial charge in [-0.15, -0.1) is 0 Å². The molecule has 92 valence electrons. The van der Waals surface area contributed by atoms with E-state index in [1.807, 2.05) is 0 Å². The fourth-order valence-corrected chi connectivity index (χ4v) is 1.34. The van der Waals surface area contributed by atoms with Crippen molar-refractivity contribution in [3.05, 3.63) is 23.8 Å². The van der Waals surface area contributed by atoms with Crippen molar-refractivity contribution < 1.29 is 24.2 Å². The van der Waals surface area contributed by atoms with Crippen LogP contribution in [0.4, 0.5) is 0 Å². The normalized spacial score (nSPS) is 9.76. The van der Waals surface area contributed by atoms with E-state index in [9.17, 15) is 9.59 Å². The molecule has 0 aliphatic heterocycles. The zero-order valence-corrected chi connectivity index (χ0v) is 9.73. The van der Waals surface area contributed by atoms with Gasteiger partial charge in [0.1, 0.15) is 0 Å². The van der Waals surface area contributed by atoms with Crippen LogP contribution in [0.1, 0.15) is 19.4 Å². The minimum Gasteiger partial charge on any atom is -0.490 e. The molecule has 5 heteroatoms. The van der Waals surface area contributed by atoms with Gasteiger partial charge in [-0.05, 0) is 24.6 Å². The van der Waals surface area contributed by atoms with Gasteiger partial charge < -0.3 is 14.6 Å². The standard InChI is InChI=1S/C12H14O5/c1-3-16-11-6-9(7-12(14)15)4-5-10(11)17-8(2)13/h4-6H,3,7H2,1-2H3,(H,14,15). The first-order valence-corrected chi connectivity index (χ1v) is 5.19. The number of aliphatic carboxylic acids is 1. The van der Waals surface area contributed by atoms with Crippen LogP contribution in [0.15, 0.2) is 18.2 Å². The SMILES string of the molecule is CCOc1cc(CC(=O)O)ccc1OC(C)=O. The maximum Gasteiger partial charge on any atom is 0.308 e. The highest BCUT2D eigenvalue weighted by Gasteiger charge is 2.10. The van der Waals surface area contributed by atoms with Crippen molar-refractivity contribution in [1.29, 1.82) is 0 Å². The van der Waals surface area contributed by atoms with Gasteiger partial charge in [0.25, 0.3) is 0 Å². The molecular formula is C12H14O5. The van der Waals surface area contributed by atoms with Crippen LogP contribution in [-0.2, 0) is 16.0 Å². The predicted molar refractivity (Wildman–Crippen MR) is 60.3 cm³/mol. The molecule has 0 aromatic heterocycles. The highest BCUT2D eigenvalue weighted by Crippen LogP contribution is 2.28. The number of benzene rings is 1. The zero-order chi connectivity index (χ0) is 12.8. The third kappa shape index (κ3) is 4.14. The van der Waals surface area contributed by atoms with Crippen molar-refractivity contribution in [2.24, 2.45) is 0 Å². The van der Waals surface area contributed by atoms with Crippen LogP contribution < -0.4 is 9.47 Å². The Labute approximate surface area is 99.0 Å². The molecule has 0 aliphatic carbocycles. The van der Waals surface area contributed by atoms with Gasteiger partial charge >= 0.3 is 11.9 Å². The average molecular weight is 238 g/mol. The summed E-state index contributed by atoms with van der Waals surface area (Å²) in [5.41, 5.74) is 0.594. The number of carbonyl (C=O) groups is 2. The van der Waals surface area contributed by atoms with Gasteiger partial charge in [0.05, 0.1) is 13.0 Å². The Hall–Kier alpha value is -2.04. The molecule has 0 saturated carbocycles. The lowest BCUT2D eigenvalue weighted by molar-refractivity contribution is -0.136. The van der Waals surface area contributed by atoms with E-state index in [0.29, 0.717) is 23.7 Å². The molecule has 0 atom stereocenters. The molecule has 0 heterocycles. The molecule has 1 N–H and O–H groups in total. The van der Waals surface area contributed by atoms with E-state index in [1.165, 1.54) is 13.0 Å². The predicted octanol–water partition coefficient (Wildman–Crippen LogP) is 1.64. The largest absolute Gasteiger partial charge is 0.490 e. The summed E-state index contributed by atoms with van der Waals surface area (Å²) in [6, 6.07) is 4.69. The Kier molecular flexibility index (Phi) is 4.51. The van der Waals surface area contributed by atoms with Gasteiger partial charge in [0.15, 0.2) is 11.5 Å². The Morgan fingerprint density at radius 1 is 1.29 bits per heavy atom. The van der Waals surface area contributed by atoms with E-state index in [2.05, 4.69) is 0 Å². The average Bonchev–Trinajstić information content (AvgIpc) is 2.21. The molecule has 0 fully saturated rings. The molecular weight excluding hydrogens is 224 g/mol. The minimum absolute atomic E-state index is 0.0968. The number of hydrogen-bond donors (Lipinski definition) is 1. The van der Waals surface area contributed by atoms with E-state index < -0.39 is 11.9 Å². The summed E-state index contributed by atoms with van der Waals surface area (Å²) in [5, 5.41) is 8.68. The van der Waals surface area contributed by atoms with Crippen molar-refractivity contribution in [2.75, 3.05) is 6.61 Å². The van der Waals surface area contributed by atoms with Crippen molar-refractivity contribution in [3.63, 3.8) is 0 Å². The molecule has 0 spiro atoms. The third-order valence-electron chi connectivity index (χ3n) is 1.92. The van der Waals surface area contributed by atoms with Crippen LogP contribution in [0.25, 0.3) is 0 Å². The summed E-state index contributed by atoms with van der Waals surface area (Å²) in [5.74, 6) is -0.695. The summed E-state index contributed by atoms with van der Waals surface area (Å²) in [6.45, 7) is 3.49. The fraction of sp³-hybridized carbons (Fsp3) is 0.333. The number of ether oxygens (including phenoxy) is 2.